The third-order valence-electron chi connectivity index (χ3n) is 2.36. The van der Waals surface area contributed by atoms with Gasteiger partial charge in [0.1, 0.15) is 5.76 Å². The van der Waals surface area contributed by atoms with Crippen LogP contribution in [0.15, 0.2) is 39.8 Å². The van der Waals surface area contributed by atoms with E-state index in [1.54, 1.807) is 11.8 Å². The summed E-state index contributed by atoms with van der Waals surface area (Å²) in [6.45, 7) is 2.84. The first kappa shape index (κ1) is 12.2. The SMILES string of the molecule is CNCc1ccc(SCc2cc(C)no2)cc1. The molecular weight excluding hydrogens is 232 g/mol. The van der Waals surface area contributed by atoms with Gasteiger partial charge in [-0.1, -0.05) is 17.3 Å². The van der Waals surface area contributed by atoms with Crippen LogP contribution in [0.25, 0.3) is 0 Å². The Morgan fingerprint density at radius 2 is 2.06 bits per heavy atom. The second-order valence-corrected chi connectivity index (χ2v) is 4.95. The molecule has 0 aliphatic heterocycles. The number of aryl methyl sites for hydroxylation is 1. The Kier molecular flexibility index (Phi) is 4.23. The zero-order valence-corrected chi connectivity index (χ0v) is 10.9. The monoisotopic (exact) mass is 248 g/mol. The van der Waals surface area contributed by atoms with Gasteiger partial charge in [-0.15, -0.1) is 11.8 Å². The molecule has 0 aliphatic rings. The fourth-order valence-corrected chi connectivity index (χ4v) is 2.32. The summed E-state index contributed by atoms with van der Waals surface area (Å²) in [5, 5.41) is 7.00. The number of hydrogen-bond donors (Lipinski definition) is 1. The van der Waals surface area contributed by atoms with Crippen LogP contribution in [-0.4, -0.2) is 12.2 Å². The van der Waals surface area contributed by atoms with Crippen LogP contribution in [0.3, 0.4) is 0 Å². The van der Waals surface area contributed by atoms with Crippen molar-refractivity contribution in [2.45, 2.75) is 24.1 Å². The molecule has 0 aliphatic carbocycles. The van der Waals surface area contributed by atoms with Gasteiger partial charge in [0.05, 0.1) is 11.4 Å². The summed E-state index contributed by atoms with van der Waals surface area (Å²) in [7, 11) is 1.95. The minimum Gasteiger partial charge on any atom is -0.360 e. The number of hydrogen-bond acceptors (Lipinski definition) is 4. The lowest BCUT2D eigenvalue weighted by Crippen LogP contribution is -2.04. The van der Waals surface area contributed by atoms with E-state index in [1.807, 2.05) is 20.0 Å². The number of aromatic nitrogens is 1. The van der Waals surface area contributed by atoms with E-state index in [0.717, 1.165) is 23.8 Å². The smallest absolute Gasteiger partial charge is 0.147 e. The zero-order valence-electron chi connectivity index (χ0n) is 10.1. The fraction of sp³-hybridized carbons (Fsp3) is 0.308. The highest BCUT2D eigenvalue weighted by Crippen LogP contribution is 2.23. The second-order valence-electron chi connectivity index (χ2n) is 3.90. The van der Waals surface area contributed by atoms with Crippen molar-refractivity contribution in [1.82, 2.24) is 10.5 Å². The minimum absolute atomic E-state index is 0.826. The van der Waals surface area contributed by atoms with E-state index in [2.05, 4.69) is 34.7 Å². The van der Waals surface area contributed by atoms with Crippen molar-refractivity contribution in [2.24, 2.45) is 0 Å². The molecule has 1 heterocycles. The molecule has 0 spiro atoms. The predicted octanol–water partition coefficient (Wildman–Crippen LogP) is 2.99. The first-order chi connectivity index (χ1) is 8.28. The van der Waals surface area contributed by atoms with Crippen molar-refractivity contribution in [3.05, 3.63) is 47.3 Å². The van der Waals surface area contributed by atoms with Gasteiger partial charge in [0.25, 0.3) is 0 Å². The van der Waals surface area contributed by atoms with Gasteiger partial charge in [-0.05, 0) is 31.7 Å². The number of nitrogens with one attached hydrogen (secondary N) is 1. The molecule has 0 atom stereocenters. The van der Waals surface area contributed by atoms with Crippen LogP contribution in [0.2, 0.25) is 0 Å². The molecule has 0 bridgehead atoms. The lowest BCUT2D eigenvalue weighted by Gasteiger charge is -2.02. The Balaban J connectivity index is 1.90. The van der Waals surface area contributed by atoms with Crippen LogP contribution in [0.1, 0.15) is 17.0 Å². The van der Waals surface area contributed by atoms with Crippen LogP contribution in [0.5, 0.6) is 0 Å². The summed E-state index contributed by atoms with van der Waals surface area (Å²) in [4.78, 5) is 1.25. The molecule has 17 heavy (non-hydrogen) atoms. The Morgan fingerprint density at radius 3 is 2.65 bits per heavy atom. The lowest BCUT2D eigenvalue weighted by molar-refractivity contribution is 0.391. The average molecular weight is 248 g/mol. The minimum atomic E-state index is 0.826. The van der Waals surface area contributed by atoms with Crippen LogP contribution in [0, 0.1) is 6.92 Å². The Bertz CT molecular complexity index is 465. The molecule has 90 valence electrons. The van der Waals surface area contributed by atoms with Crippen molar-refractivity contribution in [3.8, 4) is 0 Å². The average Bonchev–Trinajstić information content (AvgIpc) is 2.75. The number of nitrogens with zero attached hydrogens (tertiary/aromatic N) is 1. The van der Waals surface area contributed by atoms with E-state index in [4.69, 9.17) is 4.52 Å². The van der Waals surface area contributed by atoms with Crippen LogP contribution in [0.4, 0.5) is 0 Å². The van der Waals surface area contributed by atoms with Crippen molar-refractivity contribution in [2.75, 3.05) is 7.05 Å². The molecule has 0 fully saturated rings. The van der Waals surface area contributed by atoms with Gasteiger partial charge in [-0.2, -0.15) is 0 Å². The summed E-state index contributed by atoms with van der Waals surface area (Å²) in [5.74, 6) is 1.75. The molecular formula is C13H16N2OS. The maximum atomic E-state index is 5.17. The largest absolute Gasteiger partial charge is 0.360 e. The van der Waals surface area contributed by atoms with Crippen LogP contribution >= 0.6 is 11.8 Å². The summed E-state index contributed by atoms with van der Waals surface area (Å²) >= 11 is 1.76. The fourth-order valence-electron chi connectivity index (χ4n) is 1.55. The van der Waals surface area contributed by atoms with Gasteiger partial charge in [0.15, 0.2) is 0 Å². The van der Waals surface area contributed by atoms with E-state index < -0.39 is 0 Å². The summed E-state index contributed by atoms with van der Waals surface area (Å²) in [5.41, 5.74) is 2.23. The van der Waals surface area contributed by atoms with Crippen molar-refractivity contribution in [3.63, 3.8) is 0 Å². The Labute approximate surface area is 106 Å². The highest BCUT2D eigenvalue weighted by Gasteiger charge is 2.02. The highest BCUT2D eigenvalue weighted by atomic mass is 32.2. The van der Waals surface area contributed by atoms with Gasteiger partial charge in [-0.3, -0.25) is 0 Å². The van der Waals surface area contributed by atoms with Gasteiger partial charge in [0, 0.05) is 17.5 Å². The summed E-state index contributed by atoms with van der Waals surface area (Å²) < 4.78 is 5.17. The van der Waals surface area contributed by atoms with Gasteiger partial charge in [0.2, 0.25) is 0 Å². The Hall–Kier alpha value is -1.26. The molecule has 0 radical (unpaired) electrons. The van der Waals surface area contributed by atoms with Crippen LogP contribution in [-0.2, 0) is 12.3 Å². The van der Waals surface area contributed by atoms with Gasteiger partial charge in [-0.25, -0.2) is 0 Å². The van der Waals surface area contributed by atoms with Gasteiger partial charge >= 0.3 is 0 Å². The van der Waals surface area contributed by atoms with E-state index in [9.17, 15) is 0 Å². The van der Waals surface area contributed by atoms with E-state index in [1.165, 1.54) is 10.5 Å². The van der Waals surface area contributed by atoms with Crippen molar-refractivity contribution < 1.29 is 4.52 Å². The number of thioether (sulfide) groups is 1. The maximum Gasteiger partial charge on any atom is 0.147 e. The summed E-state index contributed by atoms with van der Waals surface area (Å²) in [6, 6.07) is 10.5. The number of rotatable bonds is 5. The first-order valence-corrected chi connectivity index (χ1v) is 6.55. The lowest BCUT2D eigenvalue weighted by atomic mass is 10.2. The van der Waals surface area contributed by atoms with E-state index in [0.29, 0.717) is 0 Å². The molecule has 2 aromatic rings. The first-order valence-electron chi connectivity index (χ1n) is 5.56. The molecule has 0 saturated heterocycles. The topological polar surface area (TPSA) is 38.1 Å². The molecule has 2 rings (SSSR count). The highest BCUT2D eigenvalue weighted by molar-refractivity contribution is 7.98. The standard InChI is InChI=1S/C13H16N2OS/c1-10-7-12(16-15-10)9-17-13-5-3-11(4-6-13)8-14-2/h3-7,14H,8-9H2,1-2H3. The molecule has 0 amide bonds. The van der Waals surface area contributed by atoms with E-state index in [-0.39, 0.29) is 0 Å². The van der Waals surface area contributed by atoms with Gasteiger partial charge < -0.3 is 9.84 Å². The molecule has 0 saturated carbocycles. The second kappa shape index (κ2) is 5.89. The molecule has 3 nitrogen and oxygen atoms in total. The predicted molar refractivity (Wildman–Crippen MR) is 70.0 cm³/mol. The van der Waals surface area contributed by atoms with Crippen LogP contribution < -0.4 is 5.32 Å². The summed E-state index contributed by atoms with van der Waals surface area (Å²) in [6.07, 6.45) is 0. The molecule has 1 N–H and O–H groups in total. The molecule has 0 unspecified atom stereocenters. The molecule has 1 aromatic heterocycles. The van der Waals surface area contributed by atoms with Crippen molar-refractivity contribution >= 4 is 11.8 Å². The Morgan fingerprint density at radius 1 is 1.29 bits per heavy atom. The van der Waals surface area contributed by atoms with Crippen molar-refractivity contribution in [1.29, 1.82) is 0 Å². The normalized spacial score (nSPS) is 10.7. The number of benzene rings is 1. The van der Waals surface area contributed by atoms with E-state index >= 15 is 0 Å². The quantitative estimate of drug-likeness (QED) is 0.825. The molecule has 1 aromatic carbocycles. The zero-order chi connectivity index (χ0) is 12.1. The molecule has 4 heteroatoms. The third-order valence-corrected chi connectivity index (χ3v) is 3.40. The third kappa shape index (κ3) is 3.61. The maximum absolute atomic E-state index is 5.17.